The number of nitrogens with zero attached hydrogens (tertiary/aromatic N) is 2. The second-order valence-corrected chi connectivity index (χ2v) is 7.55. The van der Waals surface area contributed by atoms with Crippen LogP contribution in [0.4, 0.5) is 4.79 Å². The third-order valence-electron chi connectivity index (χ3n) is 5.64. The van der Waals surface area contributed by atoms with E-state index < -0.39 is 11.6 Å². The minimum Gasteiger partial charge on any atom is -0.489 e. The summed E-state index contributed by atoms with van der Waals surface area (Å²) in [5.74, 6) is 1.69. The summed E-state index contributed by atoms with van der Waals surface area (Å²) < 4.78 is 8.03. The number of nitrogens with one attached hydrogen (secondary N) is 1. The van der Waals surface area contributed by atoms with E-state index in [1.165, 1.54) is 0 Å². The van der Waals surface area contributed by atoms with Crippen LogP contribution in [0.3, 0.4) is 0 Å². The van der Waals surface area contributed by atoms with Crippen molar-refractivity contribution in [2.75, 3.05) is 0 Å². The molecule has 29 heavy (non-hydrogen) atoms. The second-order valence-electron chi connectivity index (χ2n) is 7.55. The monoisotopic (exact) mass is 391 g/mol. The fraction of sp³-hybridized carbons (Fsp3) is 0.304. The Balaban J connectivity index is 1.46. The molecule has 1 saturated carbocycles. The Bertz CT molecular complexity index is 989. The predicted octanol–water partition coefficient (Wildman–Crippen LogP) is 4.80. The minimum absolute atomic E-state index is 0.450. The summed E-state index contributed by atoms with van der Waals surface area (Å²) in [7, 11) is 0. The number of amides is 1. The van der Waals surface area contributed by atoms with E-state index in [1.54, 1.807) is 6.20 Å². The van der Waals surface area contributed by atoms with Gasteiger partial charge in [-0.15, -0.1) is 0 Å². The molecule has 0 atom stereocenters. The summed E-state index contributed by atoms with van der Waals surface area (Å²) in [5.41, 5.74) is 2.60. The van der Waals surface area contributed by atoms with Crippen LogP contribution in [-0.4, -0.2) is 20.8 Å². The van der Waals surface area contributed by atoms with Crippen LogP contribution >= 0.6 is 0 Å². The molecule has 1 aliphatic carbocycles. The van der Waals surface area contributed by atoms with Crippen LogP contribution in [0.25, 0.3) is 5.69 Å². The molecule has 6 heteroatoms. The number of aryl methyl sites for hydroxylation is 1. The van der Waals surface area contributed by atoms with E-state index in [4.69, 9.17) is 4.74 Å². The van der Waals surface area contributed by atoms with Gasteiger partial charge in [-0.05, 0) is 55.2 Å². The zero-order valence-corrected chi connectivity index (χ0v) is 16.5. The quantitative estimate of drug-likeness (QED) is 0.633. The van der Waals surface area contributed by atoms with E-state index in [0.717, 1.165) is 54.1 Å². The van der Waals surface area contributed by atoms with Gasteiger partial charge in [0.2, 0.25) is 0 Å². The molecular formula is C23H25N3O3. The van der Waals surface area contributed by atoms with E-state index in [9.17, 15) is 9.90 Å². The highest BCUT2D eigenvalue weighted by atomic mass is 16.5. The first-order chi connectivity index (χ1) is 14.1. The third kappa shape index (κ3) is 4.11. The molecule has 3 aromatic rings. The number of ether oxygens (including phenoxy) is 1. The van der Waals surface area contributed by atoms with E-state index in [-0.39, 0.29) is 0 Å². The minimum atomic E-state index is -0.980. The molecule has 150 valence electrons. The molecule has 6 nitrogen and oxygen atoms in total. The molecule has 0 spiro atoms. The molecule has 1 aliphatic rings. The number of aromatic nitrogens is 2. The first kappa shape index (κ1) is 19.1. The van der Waals surface area contributed by atoms with Crippen LogP contribution in [0.2, 0.25) is 0 Å². The van der Waals surface area contributed by atoms with Gasteiger partial charge in [-0.3, -0.25) is 0 Å². The Morgan fingerprint density at radius 3 is 2.62 bits per heavy atom. The summed E-state index contributed by atoms with van der Waals surface area (Å²) in [6, 6.07) is 16.0. The molecule has 1 fully saturated rings. The summed E-state index contributed by atoms with van der Waals surface area (Å²) in [4.78, 5) is 15.6. The first-order valence-corrected chi connectivity index (χ1v) is 9.89. The number of hydrogen-bond donors (Lipinski definition) is 2. The Kier molecular flexibility index (Phi) is 5.25. The Morgan fingerprint density at radius 1 is 1.21 bits per heavy atom. The van der Waals surface area contributed by atoms with E-state index in [1.807, 2.05) is 66.2 Å². The van der Waals surface area contributed by atoms with Gasteiger partial charge < -0.3 is 19.7 Å². The molecule has 0 bridgehead atoms. The van der Waals surface area contributed by atoms with Gasteiger partial charge in [-0.1, -0.05) is 37.1 Å². The Hall–Kier alpha value is -3.28. The number of carbonyl (C=O) groups is 1. The summed E-state index contributed by atoms with van der Waals surface area (Å²) in [6.45, 7) is 2.42. The predicted molar refractivity (Wildman–Crippen MR) is 110 cm³/mol. The van der Waals surface area contributed by atoms with Crippen LogP contribution in [0.1, 0.15) is 42.6 Å². The molecule has 1 amide bonds. The molecule has 1 aromatic heterocycles. The van der Waals surface area contributed by atoms with Crippen LogP contribution in [-0.2, 0) is 12.1 Å². The van der Waals surface area contributed by atoms with Crippen molar-refractivity contribution in [3.8, 4) is 11.4 Å². The van der Waals surface area contributed by atoms with Crippen molar-refractivity contribution in [1.82, 2.24) is 14.9 Å². The van der Waals surface area contributed by atoms with Gasteiger partial charge in [0, 0.05) is 18.1 Å². The molecule has 0 aliphatic heterocycles. The van der Waals surface area contributed by atoms with Gasteiger partial charge in [-0.25, -0.2) is 9.78 Å². The molecule has 2 aromatic carbocycles. The first-order valence-electron chi connectivity index (χ1n) is 9.89. The molecule has 0 saturated heterocycles. The van der Waals surface area contributed by atoms with Crippen molar-refractivity contribution >= 4 is 6.09 Å². The maximum atomic E-state index is 11.3. The summed E-state index contributed by atoms with van der Waals surface area (Å²) in [5, 5.41) is 12.0. The summed E-state index contributed by atoms with van der Waals surface area (Å²) in [6.07, 6.45) is 6.43. The zero-order chi connectivity index (χ0) is 20.3. The van der Waals surface area contributed by atoms with Crippen molar-refractivity contribution in [2.24, 2.45) is 0 Å². The SMILES string of the molecule is Cc1nccn1-c1ccc(COc2cccc(C3(NC(=O)O)CCCC3)c2)cc1. The van der Waals surface area contributed by atoms with Crippen molar-refractivity contribution in [3.63, 3.8) is 0 Å². The van der Waals surface area contributed by atoms with Crippen molar-refractivity contribution < 1.29 is 14.6 Å². The largest absolute Gasteiger partial charge is 0.489 e. The van der Waals surface area contributed by atoms with Crippen LogP contribution in [0.15, 0.2) is 60.9 Å². The number of carboxylic acid groups (broad SMARTS) is 1. The Morgan fingerprint density at radius 2 is 1.97 bits per heavy atom. The summed E-state index contributed by atoms with van der Waals surface area (Å²) >= 11 is 0. The average Bonchev–Trinajstić information content (AvgIpc) is 3.36. The third-order valence-corrected chi connectivity index (χ3v) is 5.64. The number of benzene rings is 2. The van der Waals surface area contributed by atoms with Gasteiger partial charge in [0.1, 0.15) is 18.2 Å². The van der Waals surface area contributed by atoms with Crippen LogP contribution in [0.5, 0.6) is 5.75 Å². The van der Waals surface area contributed by atoms with Crippen molar-refractivity contribution in [1.29, 1.82) is 0 Å². The van der Waals surface area contributed by atoms with Crippen LogP contribution < -0.4 is 10.1 Å². The number of rotatable bonds is 6. The molecule has 1 heterocycles. The number of hydrogen-bond acceptors (Lipinski definition) is 3. The highest BCUT2D eigenvalue weighted by Gasteiger charge is 2.37. The van der Waals surface area contributed by atoms with Gasteiger partial charge in [-0.2, -0.15) is 0 Å². The van der Waals surface area contributed by atoms with E-state index >= 15 is 0 Å². The lowest BCUT2D eigenvalue weighted by molar-refractivity contribution is 0.177. The standard InChI is InChI=1S/C23H25N3O3/c1-17-24-13-14-26(17)20-9-7-18(8-10-20)16-29-21-6-4-5-19(15-21)23(25-22(27)28)11-2-3-12-23/h4-10,13-15,25H,2-3,11-12,16H2,1H3,(H,27,28). The van der Waals surface area contributed by atoms with E-state index in [0.29, 0.717) is 6.61 Å². The van der Waals surface area contributed by atoms with E-state index in [2.05, 4.69) is 10.3 Å². The zero-order valence-electron chi connectivity index (χ0n) is 16.5. The fourth-order valence-corrected chi connectivity index (χ4v) is 4.12. The molecule has 2 N–H and O–H groups in total. The highest BCUT2D eigenvalue weighted by Crippen LogP contribution is 2.39. The maximum Gasteiger partial charge on any atom is 0.405 e. The Labute approximate surface area is 170 Å². The maximum absolute atomic E-state index is 11.3. The van der Waals surface area contributed by atoms with Gasteiger partial charge in [0.05, 0.1) is 5.54 Å². The normalized spacial score (nSPS) is 15.2. The topological polar surface area (TPSA) is 76.4 Å². The fourth-order valence-electron chi connectivity index (χ4n) is 4.12. The van der Waals surface area contributed by atoms with Crippen LogP contribution in [0, 0.1) is 6.92 Å². The van der Waals surface area contributed by atoms with Crippen molar-refractivity contribution in [2.45, 2.75) is 44.8 Å². The van der Waals surface area contributed by atoms with Gasteiger partial charge in [0.15, 0.2) is 0 Å². The van der Waals surface area contributed by atoms with Crippen molar-refractivity contribution in [3.05, 3.63) is 77.9 Å². The highest BCUT2D eigenvalue weighted by molar-refractivity contribution is 5.66. The second kappa shape index (κ2) is 7.99. The van der Waals surface area contributed by atoms with Gasteiger partial charge in [0.25, 0.3) is 0 Å². The van der Waals surface area contributed by atoms with Gasteiger partial charge >= 0.3 is 6.09 Å². The lowest BCUT2D eigenvalue weighted by Crippen LogP contribution is -2.43. The lowest BCUT2D eigenvalue weighted by atomic mass is 9.88. The molecular weight excluding hydrogens is 366 g/mol. The molecule has 4 rings (SSSR count). The molecule has 0 unspecified atom stereocenters. The average molecular weight is 391 g/mol. The molecule has 0 radical (unpaired) electrons. The number of imidazole rings is 1. The smallest absolute Gasteiger partial charge is 0.405 e. The lowest BCUT2D eigenvalue weighted by Gasteiger charge is -2.29.